The van der Waals surface area contributed by atoms with E-state index in [-0.39, 0.29) is 0 Å². The van der Waals surface area contributed by atoms with Gasteiger partial charge in [-0.15, -0.1) is 0 Å². The van der Waals surface area contributed by atoms with Crippen molar-refractivity contribution in [1.29, 1.82) is 0 Å². The third-order valence-corrected chi connectivity index (χ3v) is 13.8. The van der Waals surface area contributed by atoms with Crippen molar-refractivity contribution in [2.75, 3.05) is 22.9 Å². The molecule has 2 aliphatic heterocycles. The van der Waals surface area contributed by atoms with Gasteiger partial charge in [-0.25, -0.2) is 9.13 Å². The first-order valence-electron chi connectivity index (χ1n) is 25.0. The van der Waals surface area contributed by atoms with E-state index in [1.165, 1.54) is 91.1 Å². The van der Waals surface area contributed by atoms with Crippen LogP contribution in [0.1, 0.15) is 74.9 Å². The number of hydrogen-bond acceptors (Lipinski definition) is 2. The highest BCUT2D eigenvalue weighted by Gasteiger charge is 2.22. The molecule has 0 spiro atoms. The molecule has 338 valence electrons. The fraction of sp³-hybridized carbons (Fsp3) is 0.226. The lowest BCUT2D eigenvalue weighted by Crippen LogP contribution is -2.38. The first-order valence-corrected chi connectivity index (χ1v) is 25.0. The average molecular weight is 893 g/mol. The Morgan fingerprint density at radius 2 is 0.779 bits per heavy atom. The number of anilines is 2. The molecule has 8 aromatic rings. The van der Waals surface area contributed by atoms with Gasteiger partial charge in [0.15, 0.2) is 24.8 Å². The number of aryl methyl sites for hydroxylation is 4. The lowest BCUT2D eigenvalue weighted by molar-refractivity contribution is -0.698. The number of nitrogens with zero attached hydrogens (tertiary/aromatic N) is 6. The molecule has 0 saturated carbocycles. The average Bonchev–Trinajstić information content (AvgIpc) is 3.39. The van der Waals surface area contributed by atoms with Crippen molar-refractivity contribution in [3.8, 4) is 11.1 Å². The second-order valence-electron chi connectivity index (χ2n) is 18.1. The first kappa shape index (κ1) is 44.4. The Morgan fingerprint density at radius 1 is 0.382 bits per heavy atom. The van der Waals surface area contributed by atoms with Gasteiger partial charge >= 0.3 is 0 Å². The summed E-state index contributed by atoms with van der Waals surface area (Å²) in [5.74, 6) is 0. The van der Waals surface area contributed by atoms with Gasteiger partial charge in [0.25, 0.3) is 0 Å². The van der Waals surface area contributed by atoms with Crippen LogP contribution >= 0.6 is 0 Å². The van der Waals surface area contributed by atoms with Crippen molar-refractivity contribution in [1.82, 2.24) is 0 Å². The summed E-state index contributed by atoms with van der Waals surface area (Å²) in [6.45, 7) is 10.3. The van der Waals surface area contributed by atoms with E-state index in [0.717, 1.165) is 65.0 Å². The van der Waals surface area contributed by atoms with E-state index in [9.17, 15) is 0 Å². The standard InChI is InChI=1S/C62H64N6/c1-3-65-55(31-27-51-19-7-11-23-59(51)65)47-57-33-29-53-21-9-13-25-61(53)67(57)41-17-5-15-39-63-43-35-49(36-44-63)50-37-45-64(46-38-50)40-16-6-18-42-68-58(34-30-54-22-10-14-26-62(54)68)48-56-32-28-52-20-8-12-24-60(52)66(56)4-2/h7-14,19-38,43-48H,3-6,15-18,39-42H2,1-2H3/q+4. The number of likely N-dealkylation sites (N-methyl/N-ethyl adjacent to an activating group) is 2. The number of para-hydroxylation sites is 4. The maximum Gasteiger partial charge on any atom is 0.212 e. The third kappa shape index (κ3) is 9.82. The van der Waals surface area contributed by atoms with Crippen molar-refractivity contribution in [3.63, 3.8) is 0 Å². The van der Waals surface area contributed by atoms with Crippen LogP contribution in [0.4, 0.5) is 11.4 Å². The van der Waals surface area contributed by atoms with E-state index >= 15 is 0 Å². The van der Waals surface area contributed by atoms with E-state index in [2.05, 4.69) is 249 Å². The Balaban J connectivity index is 0.710. The third-order valence-electron chi connectivity index (χ3n) is 13.8. The maximum atomic E-state index is 2.52. The van der Waals surface area contributed by atoms with Crippen molar-refractivity contribution in [2.24, 2.45) is 0 Å². The maximum absolute atomic E-state index is 2.52. The van der Waals surface area contributed by atoms with Crippen molar-refractivity contribution in [3.05, 3.63) is 216 Å². The molecule has 0 amide bonds. The predicted molar refractivity (Wildman–Crippen MR) is 281 cm³/mol. The highest BCUT2D eigenvalue weighted by atomic mass is 15.1. The molecule has 2 aliphatic rings. The van der Waals surface area contributed by atoms with Gasteiger partial charge in [0, 0.05) is 133 Å². The second kappa shape index (κ2) is 21.0. The van der Waals surface area contributed by atoms with E-state index in [1.807, 2.05) is 0 Å². The SMILES string of the molecule is CCN1/C(=C\c2ccc3ccccc3[n+]2CCCCC[n+]2ccc(-c3cc[n+](CCCCC[n+]4c(/C=C5\C=Cc6ccccc6N5CC)ccc5ccccc54)cc3)cc2)C=Cc2ccccc21. The Bertz CT molecular complexity index is 2940. The Hall–Kier alpha value is -7.44. The van der Waals surface area contributed by atoms with Gasteiger partial charge in [-0.3, -0.25) is 0 Å². The lowest BCUT2D eigenvalue weighted by Gasteiger charge is -2.29. The number of benzene rings is 4. The van der Waals surface area contributed by atoms with Gasteiger partial charge in [0.1, 0.15) is 26.2 Å². The molecule has 68 heavy (non-hydrogen) atoms. The predicted octanol–water partition coefficient (Wildman–Crippen LogP) is 12.3. The topological polar surface area (TPSA) is 22.0 Å². The normalized spacial score (nSPS) is 14.3. The van der Waals surface area contributed by atoms with E-state index in [4.69, 9.17) is 0 Å². The van der Waals surface area contributed by atoms with Gasteiger partial charge in [0.2, 0.25) is 22.4 Å². The summed E-state index contributed by atoms with van der Waals surface area (Å²) in [6.07, 6.45) is 29.6. The first-order chi connectivity index (χ1) is 33.6. The number of hydrogen-bond donors (Lipinski definition) is 0. The summed E-state index contributed by atoms with van der Waals surface area (Å²) in [7, 11) is 0. The van der Waals surface area contributed by atoms with Crippen LogP contribution in [0, 0.1) is 0 Å². The quantitative estimate of drug-likeness (QED) is 0.0671. The van der Waals surface area contributed by atoms with Crippen molar-refractivity contribution < 1.29 is 18.3 Å². The number of allylic oxidation sites excluding steroid dienone is 2. The van der Waals surface area contributed by atoms with Crippen LogP contribution in [0.3, 0.4) is 0 Å². The molecule has 0 N–H and O–H groups in total. The van der Waals surface area contributed by atoms with Gasteiger partial charge in [0.05, 0.1) is 0 Å². The summed E-state index contributed by atoms with van der Waals surface area (Å²) < 4.78 is 9.71. The minimum Gasteiger partial charge on any atom is -0.341 e. The van der Waals surface area contributed by atoms with Gasteiger partial charge in [-0.05, 0) is 97.5 Å². The summed E-state index contributed by atoms with van der Waals surface area (Å²) >= 11 is 0. The fourth-order valence-corrected chi connectivity index (χ4v) is 10.2. The minimum atomic E-state index is 0.924. The van der Waals surface area contributed by atoms with E-state index in [0.29, 0.717) is 0 Å². The van der Waals surface area contributed by atoms with Crippen LogP contribution in [-0.2, 0) is 26.2 Å². The van der Waals surface area contributed by atoms with E-state index in [1.54, 1.807) is 0 Å². The fourth-order valence-electron chi connectivity index (χ4n) is 10.2. The summed E-state index contributed by atoms with van der Waals surface area (Å²) in [4.78, 5) is 4.84. The molecule has 0 fully saturated rings. The monoisotopic (exact) mass is 893 g/mol. The van der Waals surface area contributed by atoms with Gasteiger partial charge < -0.3 is 9.80 Å². The highest BCUT2D eigenvalue weighted by Crippen LogP contribution is 2.33. The lowest BCUT2D eigenvalue weighted by atomic mass is 10.0. The minimum absolute atomic E-state index is 0.924. The van der Waals surface area contributed by atoms with Crippen LogP contribution in [0.2, 0.25) is 0 Å². The molecule has 0 unspecified atom stereocenters. The van der Waals surface area contributed by atoms with Crippen LogP contribution in [0.5, 0.6) is 0 Å². The molecule has 0 bridgehead atoms. The molecule has 0 saturated heterocycles. The van der Waals surface area contributed by atoms with Crippen molar-refractivity contribution in [2.45, 2.75) is 78.6 Å². The molecule has 4 aromatic carbocycles. The molecule has 0 aliphatic carbocycles. The summed E-state index contributed by atoms with van der Waals surface area (Å²) in [5.41, 5.74) is 15.1. The molecule has 0 atom stereocenters. The molecule has 6 heterocycles. The van der Waals surface area contributed by atoms with Gasteiger partial charge in [-0.2, -0.15) is 9.13 Å². The Kier molecular flexibility index (Phi) is 13.7. The molecular weight excluding hydrogens is 829 g/mol. The highest BCUT2D eigenvalue weighted by molar-refractivity contribution is 5.82. The number of unbranched alkanes of at least 4 members (excludes halogenated alkanes) is 4. The number of fused-ring (bicyclic) bond motifs is 4. The molecule has 6 nitrogen and oxygen atoms in total. The zero-order valence-electron chi connectivity index (χ0n) is 39.8. The molecular formula is C62H64N6+4. The number of aromatic nitrogens is 4. The van der Waals surface area contributed by atoms with E-state index < -0.39 is 0 Å². The second-order valence-corrected chi connectivity index (χ2v) is 18.1. The smallest absolute Gasteiger partial charge is 0.212 e. The van der Waals surface area contributed by atoms with Gasteiger partial charge in [-0.1, -0.05) is 72.8 Å². The molecule has 4 aromatic heterocycles. The molecule has 10 rings (SSSR count). The Labute approximate surface area is 403 Å². The zero-order chi connectivity index (χ0) is 46.1. The molecule has 0 radical (unpaired) electrons. The zero-order valence-corrected chi connectivity index (χ0v) is 39.8. The molecule has 6 heteroatoms. The van der Waals surface area contributed by atoms with Crippen LogP contribution in [0.15, 0.2) is 194 Å². The van der Waals surface area contributed by atoms with Crippen molar-refractivity contribution >= 4 is 57.5 Å². The van der Waals surface area contributed by atoms with Crippen LogP contribution in [-0.4, -0.2) is 13.1 Å². The number of pyridine rings is 4. The Morgan fingerprint density at radius 3 is 1.22 bits per heavy atom. The van der Waals surface area contributed by atoms with Crippen LogP contribution < -0.4 is 28.1 Å². The summed E-state index contributed by atoms with van der Waals surface area (Å²) in [5, 5.41) is 2.56. The largest absolute Gasteiger partial charge is 0.341 e. The summed E-state index contributed by atoms with van der Waals surface area (Å²) in [6, 6.07) is 53.1. The van der Waals surface area contributed by atoms with Crippen LogP contribution in [0.25, 0.3) is 57.2 Å². The number of rotatable bonds is 17.